The third-order valence-electron chi connectivity index (χ3n) is 6.37. The summed E-state index contributed by atoms with van der Waals surface area (Å²) in [7, 11) is 1.28. The molecule has 4 N–H and O–H groups in total. The van der Waals surface area contributed by atoms with E-state index >= 15 is 0 Å². The number of nitrogens with one attached hydrogen (secondary N) is 3. The van der Waals surface area contributed by atoms with E-state index in [4.69, 9.17) is 18.9 Å². The minimum Gasteiger partial charge on any atom is -0.490 e. The summed E-state index contributed by atoms with van der Waals surface area (Å²) >= 11 is 5.64. The number of aliphatic hydroxyl groups is 1. The number of ether oxygens (including phenoxy) is 4. The molecule has 3 aromatic rings. The molecule has 0 radical (unpaired) electrons. The van der Waals surface area contributed by atoms with Crippen LogP contribution in [0.25, 0.3) is 0 Å². The van der Waals surface area contributed by atoms with Gasteiger partial charge in [-0.1, -0.05) is 34.1 Å². The molecular weight excluding hydrogens is 747 g/mol. The third kappa shape index (κ3) is 8.86. The van der Waals surface area contributed by atoms with Gasteiger partial charge in [0.2, 0.25) is 0 Å². The molecule has 0 bridgehead atoms. The van der Waals surface area contributed by atoms with E-state index in [1.54, 1.807) is 31.3 Å². The van der Waals surface area contributed by atoms with E-state index in [-0.39, 0.29) is 12.2 Å². The zero-order chi connectivity index (χ0) is 31.6. The van der Waals surface area contributed by atoms with Crippen molar-refractivity contribution in [2.24, 2.45) is 5.10 Å². The summed E-state index contributed by atoms with van der Waals surface area (Å²) in [6.07, 6.45) is 0.472. The first-order valence-corrected chi connectivity index (χ1v) is 15.4. The molecule has 0 spiro atoms. The van der Waals surface area contributed by atoms with Crippen LogP contribution in [0.2, 0.25) is 0 Å². The number of carbonyl (C=O) groups is 2. The van der Waals surface area contributed by atoms with Crippen molar-refractivity contribution in [2.45, 2.75) is 32.7 Å². The van der Waals surface area contributed by atoms with Crippen molar-refractivity contribution in [2.75, 3.05) is 20.3 Å². The first-order chi connectivity index (χ1) is 21.2. The molecule has 0 aliphatic carbocycles. The number of nitrogens with zero attached hydrogens (tertiary/aromatic N) is 1. The molecule has 0 aromatic heterocycles. The van der Waals surface area contributed by atoms with E-state index in [1.807, 2.05) is 49.4 Å². The number of esters is 1. The average molecular weight is 779 g/mol. The van der Waals surface area contributed by atoms with Crippen LogP contribution < -0.4 is 30.3 Å². The van der Waals surface area contributed by atoms with Crippen LogP contribution in [0, 0.1) is 3.57 Å². The van der Waals surface area contributed by atoms with E-state index in [1.165, 1.54) is 7.11 Å². The third-order valence-corrected chi connectivity index (χ3v) is 7.74. The molecule has 13 heteroatoms. The number of hydrogen-bond acceptors (Lipinski definition) is 9. The molecule has 44 heavy (non-hydrogen) atoms. The Labute approximate surface area is 277 Å². The van der Waals surface area contributed by atoms with Gasteiger partial charge >= 0.3 is 12.0 Å². The number of rotatable bonds is 13. The number of urea groups is 1. The molecule has 2 atom stereocenters. The van der Waals surface area contributed by atoms with E-state index in [0.717, 1.165) is 24.9 Å². The zero-order valence-corrected chi connectivity index (χ0v) is 28.0. The highest BCUT2D eigenvalue weighted by Crippen LogP contribution is 2.35. The van der Waals surface area contributed by atoms with Crippen LogP contribution >= 0.6 is 38.5 Å². The minimum atomic E-state index is -1.12. The molecule has 4 rings (SSSR count). The first kappa shape index (κ1) is 33.1. The number of methoxy groups -OCH3 is 1. The predicted octanol–water partition coefficient (Wildman–Crippen LogP) is 5.15. The maximum absolute atomic E-state index is 12.4. The molecule has 2 amide bonds. The smallest absolute Gasteiger partial charge is 0.337 e. The zero-order valence-electron chi connectivity index (χ0n) is 24.2. The lowest BCUT2D eigenvalue weighted by Crippen LogP contribution is -2.45. The van der Waals surface area contributed by atoms with Crippen LogP contribution in [0.3, 0.4) is 0 Å². The monoisotopic (exact) mass is 778 g/mol. The SMILES string of the molecule is CCOc1cc([C@H]2NC(=O)NC(C)=C2C(=O)OC)ccc1OC[C@@H](O)N/N=C\c1ccc(OCc2ccc(Br)cc2)c(I)c1. The molecule has 0 fully saturated rings. The molecule has 0 unspecified atom stereocenters. The number of hydrogen-bond donors (Lipinski definition) is 4. The summed E-state index contributed by atoms with van der Waals surface area (Å²) in [5.41, 5.74) is 5.80. The summed E-state index contributed by atoms with van der Waals surface area (Å²) in [4.78, 5) is 24.6. The molecule has 1 heterocycles. The van der Waals surface area contributed by atoms with Gasteiger partial charge in [-0.15, -0.1) is 0 Å². The van der Waals surface area contributed by atoms with Crippen molar-refractivity contribution in [3.8, 4) is 17.2 Å². The Morgan fingerprint density at radius 2 is 1.84 bits per heavy atom. The van der Waals surface area contributed by atoms with E-state index in [9.17, 15) is 14.7 Å². The number of allylic oxidation sites excluding steroid dienone is 1. The highest BCUT2D eigenvalue weighted by Gasteiger charge is 2.32. The topological polar surface area (TPSA) is 140 Å². The lowest BCUT2D eigenvalue weighted by Gasteiger charge is -2.28. The number of carbonyl (C=O) groups excluding carboxylic acids is 2. The van der Waals surface area contributed by atoms with Gasteiger partial charge in [-0.2, -0.15) is 5.10 Å². The van der Waals surface area contributed by atoms with Crippen LogP contribution in [0.4, 0.5) is 4.79 Å². The summed E-state index contributed by atoms with van der Waals surface area (Å²) in [5.74, 6) is 0.948. The van der Waals surface area contributed by atoms with Gasteiger partial charge in [0.15, 0.2) is 17.7 Å². The second kappa shape index (κ2) is 15.8. The molecule has 1 aliphatic rings. The lowest BCUT2D eigenvalue weighted by atomic mass is 9.95. The van der Waals surface area contributed by atoms with Crippen LogP contribution in [0.1, 0.15) is 36.6 Å². The van der Waals surface area contributed by atoms with Gasteiger partial charge in [0, 0.05) is 10.2 Å². The Bertz CT molecular complexity index is 1550. The minimum absolute atomic E-state index is 0.131. The van der Waals surface area contributed by atoms with Gasteiger partial charge in [0.25, 0.3) is 0 Å². The summed E-state index contributed by atoms with van der Waals surface area (Å²) in [6.45, 7) is 4.12. The molecular formula is C31H32BrIN4O7. The predicted molar refractivity (Wildman–Crippen MR) is 177 cm³/mol. The van der Waals surface area contributed by atoms with Gasteiger partial charge in [0.05, 0.1) is 35.1 Å². The van der Waals surface area contributed by atoms with Crippen LogP contribution in [0.5, 0.6) is 17.2 Å². The number of amides is 2. The largest absolute Gasteiger partial charge is 0.490 e. The summed E-state index contributed by atoms with van der Waals surface area (Å²) in [5, 5.41) is 19.9. The van der Waals surface area contributed by atoms with Crippen molar-refractivity contribution in [1.29, 1.82) is 0 Å². The second-order valence-corrected chi connectivity index (χ2v) is 11.6. The fraction of sp³-hybridized carbons (Fsp3) is 0.258. The fourth-order valence-electron chi connectivity index (χ4n) is 4.28. The molecule has 11 nitrogen and oxygen atoms in total. The van der Waals surface area contributed by atoms with E-state index < -0.39 is 24.3 Å². The number of hydrazone groups is 1. The van der Waals surface area contributed by atoms with Crippen molar-refractivity contribution in [3.05, 3.63) is 96.7 Å². The highest BCUT2D eigenvalue weighted by molar-refractivity contribution is 14.1. The van der Waals surface area contributed by atoms with Gasteiger partial charge in [-0.05, 0) is 95.6 Å². The lowest BCUT2D eigenvalue weighted by molar-refractivity contribution is -0.136. The highest BCUT2D eigenvalue weighted by atomic mass is 127. The van der Waals surface area contributed by atoms with Gasteiger partial charge in [-0.25, -0.2) is 9.59 Å². The Morgan fingerprint density at radius 1 is 1.09 bits per heavy atom. The average Bonchev–Trinajstić information content (AvgIpc) is 3.00. The quantitative estimate of drug-likeness (QED) is 0.0615. The molecule has 0 saturated carbocycles. The standard InChI is InChI=1S/C31H32BrIN4O7/c1-4-42-26-14-21(29-28(30(39)41-3)18(2)35-31(40)36-29)8-12-25(26)44-17-27(38)37-34-15-20-7-11-24(23(33)13-20)43-16-19-5-9-22(32)10-6-19/h5-15,27,29,37-38H,4,16-17H2,1-3H3,(H2,35,36,40)/b34-15-/t27-,29-/m1/s1. The van der Waals surface area contributed by atoms with Crippen LogP contribution in [-0.4, -0.2) is 49.9 Å². The molecule has 232 valence electrons. The number of halogens is 2. The van der Waals surface area contributed by atoms with E-state index in [2.05, 4.69) is 59.7 Å². The molecule has 1 aliphatic heterocycles. The number of benzene rings is 3. The van der Waals surface area contributed by atoms with E-state index in [0.29, 0.717) is 36.0 Å². The van der Waals surface area contributed by atoms with Gasteiger partial charge in [0.1, 0.15) is 19.0 Å². The molecule has 0 saturated heterocycles. The van der Waals surface area contributed by atoms with Crippen molar-refractivity contribution in [3.63, 3.8) is 0 Å². The normalized spacial score (nSPS) is 15.3. The van der Waals surface area contributed by atoms with Crippen molar-refractivity contribution >= 4 is 56.7 Å². The second-order valence-electron chi connectivity index (χ2n) is 9.52. The fourth-order valence-corrected chi connectivity index (χ4v) is 5.24. The van der Waals surface area contributed by atoms with Crippen molar-refractivity contribution < 1.29 is 33.6 Å². The Morgan fingerprint density at radius 3 is 2.55 bits per heavy atom. The summed E-state index contributed by atoms with van der Waals surface area (Å²) in [6, 6.07) is 17.5. The first-order valence-electron chi connectivity index (χ1n) is 13.6. The maximum atomic E-state index is 12.4. The molecule has 3 aromatic carbocycles. The van der Waals surface area contributed by atoms with Gasteiger partial charge in [-0.3, -0.25) is 5.43 Å². The maximum Gasteiger partial charge on any atom is 0.337 e. The van der Waals surface area contributed by atoms with Gasteiger partial charge < -0.3 is 34.7 Å². The Kier molecular flexibility index (Phi) is 11.9. The number of aliphatic hydroxyl groups excluding tert-OH is 1. The summed E-state index contributed by atoms with van der Waals surface area (Å²) < 4.78 is 24.4. The van der Waals surface area contributed by atoms with Crippen LogP contribution in [-0.2, 0) is 16.1 Å². The van der Waals surface area contributed by atoms with Crippen LogP contribution in [0.15, 0.2) is 81.5 Å². The van der Waals surface area contributed by atoms with Crippen molar-refractivity contribution in [1.82, 2.24) is 16.1 Å². The Hall–Kier alpha value is -3.82. The Balaban J connectivity index is 1.34.